The molecule has 0 spiro atoms. The van der Waals surface area contributed by atoms with Gasteiger partial charge in [-0.1, -0.05) is 42.8 Å². The molecule has 3 aliphatic rings. The number of likely N-dealkylation sites (N-methyl/N-ethyl adjacent to an activating group) is 1. The van der Waals surface area contributed by atoms with Crippen LogP contribution in [-0.2, 0) is 9.57 Å². The third-order valence-corrected chi connectivity index (χ3v) is 10.5. The number of nitriles is 1. The van der Waals surface area contributed by atoms with Gasteiger partial charge in [-0.2, -0.15) is 5.26 Å². The van der Waals surface area contributed by atoms with Crippen LogP contribution in [0.1, 0.15) is 93.1 Å². The SMILES string of the molecule is C=CCOc1ccc2c(c1)C1C(CCCCO)C(CCCCO)C=C3C(=NOC(C)(C)C)CC(N(C)C(=O)c4ccc(C#N)cc4)C(OCC=C)(O2)C31. The van der Waals surface area contributed by atoms with Crippen molar-refractivity contribution in [3.05, 3.63) is 96.1 Å². The van der Waals surface area contributed by atoms with Gasteiger partial charge in [0, 0.05) is 43.7 Å². The van der Waals surface area contributed by atoms with Gasteiger partial charge in [-0.3, -0.25) is 4.79 Å². The van der Waals surface area contributed by atoms with Crippen molar-refractivity contribution in [3.8, 4) is 17.6 Å². The highest BCUT2D eigenvalue weighted by atomic mass is 16.7. The molecule has 0 bridgehead atoms. The molecule has 1 fully saturated rings. The van der Waals surface area contributed by atoms with Crippen LogP contribution in [0.4, 0.5) is 0 Å². The molecule has 6 atom stereocenters. The van der Waals surface area contributed by atoms with Gasteiger partial charge in [0.25, 0.3) is 5.91 Å². The monoisotopic (exact) mass is 725 g/mol. The van der Waals surface area contributed by atoms with Crippen molar-refractivity contribution in [1.82, 2.24) is 4.90 Å². The van der Waals surface area contributed by atoms with E-state index in [1.165, 1.54) is 0 Å². The zero-order chi connectivity index (χ0) is 38.2. The molecule has 6 unspecified atom stereocenters. The van der Waals surface area contributed by atoms with Crippen LogP contribution in [0.25, 0.3) is 0 Å². The lowest BCUT2D eigenvalue weighted by molar-refractivity contribution is -0.252. The Morgan fingerprint density at radius 1 is 1.06 bits per heavy atom. The fraction of sp³-hybridized carbons (Fsp3) is 0.512. The van der Waals surface area contributed by atoms with Crippen LogP contribution in [0.5, 0.6) is 11.5 Å². The van der Waals surface area contributed by atoms with E-state index in [1.807, 2.05) is 32.9 Å². The number of carbonyl (C=O) groups is 1. The van der Waals surface area contributed by atoms with E-state index < -0.39 is 23.3 Å². The first-order valence-electron chi connectivity index (χ1n) is 18.8. The second-order valence-corrected chi connectivity index (χ2v) is 15.2. The van der Waals surface area contributed by atoms with Crippen LogP contribution in [0.3, 0.4) is 0 Å². The lowest BCUT2D eigenvalue weighted by atomic mass is 9.55. The number of nitrogens with zero attached hydrogens (tertiary/aromatic N) is 3. The second-order valence-electron chi connectivity index (χ2n) is 15.2. The van der Waals surface area contributed by atoms with Gasteiger partial charge in [0.2, 0.25) is 5.79 Å². The summed E-state index contributed by atoms with van der Waals surface area (Å²) >= 11 is 0. The highest BCUT2D eigenvalue weighted by Gasteiger charge is 2.65. The molecular weight excluding hydrogens is 670 g/mol. The molecule has 1 aliphatic heterocycles. The van der Waals surface area contributed by atoms with Crippen molar-refractivity contribution in [1.29, 1.82) is 5.26 Å². The highest BCUT2D eigenvalue weighted by molar-refractivity contribution is 6.03. The van der Waals surface area contributed by atoms with Crippen LogP contribution in [-0.4, -0.2) is 77.6 Å². The van der Waals surface area contributed by atoms with Crippen molar-refractivity contribution in [2.75, 3.05) is 33.5 Å². The summed E-state index contributed by atoms with van der Waals surface area (Å²) in [7, 11) is 1.76. The van der Waals surface area contributed by atoms with E-state index in [-0.39, 0.29) is 49.9 Å². The molecule has 10 heteroatoms. The number of hydrogen-bond donors (Lipinski definition) is 2. The number of hydrogen-bond acceptors (Lipinski definition) is 9. The van der Waals surface area contributed by atoms with Gasteiger partial charge in [-0.25, -0.2) is 0 Å². The van der Waals surface area contributed by atoms with Crippen molar-refractivity contribution >= 4 is 11.6 Å². The largest absolute Gasteiger partial charge is 0.490 e. The van der Waals surface area contributed by atoms with E-state index in [2.05, 4.69) is 31.4 Å². The van der Waals surface area contributed by atoms with E-state index in [0.717, 1.165) is 42.5 Å². The Hall–Kier alpha value is -4.43. The molecule has 2 aromatic carbocycles. The smallest absolute Gasteiger partial charge is 0.254 e. The van der Waals surface area contributed by atoms with Crippen LogP contribution in [0.2, 0.25) is 0 Å². The molecule has 10 nitrogen and oxygen atoms in total. The number of rotatable bonds is 17. The molecule has 0 radical (unpaired) electrons. The predicted molar refractivity (Wildman–Crippen MR) is 205 cm³/mol. The van der Waals surface area contributed by atoms with Gasteiger partial charge in [-0.05, 0) is 106 Å². The number of aliphatic hydroxyl groups is 2. The summed E-state index contributed by atoms with van der Waals surface area (Å²) in [6, 6.07) is 14.0. The standard InChI is InChI=1S/C43H55N3O7/c1-7-23-50-32-19-20-37-35(26-32)39-33(14-10-12-22-48)31(13-9-11-21-47)25-34-36(45-53-42(3,4)5)27-38(43(52-37,40(34)39)51-24-8-2)46(6)41(49)30-17-15-29(28-44)16-18-30/h7-8,15-20,25-26,31,33,38-40,47-48H,1-2,9-14,21-24,27H2,3-6H3. The molecule has 2 N–H and O–H groups in total. The molecule has 0 saturated heterocycles. The van der Waals surface area contributed by atoms with Gasteiger partial charge >= 0.3 is 0 Å². The zero-order valence-electron chi connectivity index (χ0n) is 31.6. The number of ether oxygens (including phenoxy) is 3. The number of allylic oxidation sites excluding steroid dienone is 1. The Labute approximate surface area is 314 Å². The van der Waals surface area contributed by atoms with Crippen molar-refractivity contribution in [2.45, 2.75) is 89.1 Å². The van der Waals surface area contributed by atoms with Crippen molar-refractivity contribution in [3.63, 3.8) is 0 Å². The van der Waals surface area contributed by atoms with E-state index >= 15 is 0 Å². The van der Waals surface area contributed by atoms with Gasteiger partial charge < -0.3 is 34.2 Å². The van der Waals surface area contributed by atoms with Crippen LogP contribution >= 0.6 is 0 Å². The Kier molecular flexibility index (Phi) is 13.2. The maximum absolute atomic E-state index is 14.4. The minimum atomic E-state index is -1.36. The zero-order valence-corrected chi connectivity index (χ0v) is 31.6. The summed E-state index contributed by atoms with van der Waals surface area (Å²) in [5.41, 5.74) is 3.00. The van der Waals surface area contributed by atoms with E-state index in [9.17, 15) is 20.3 Å². The third kappa shape index (κ3) is 8.70. The number of aliphatic hydroxyl groups excluding tert-OH is 2. The fourth-order valence-corrected chi connectivity index (χ4v) is 8.20. The number of oxime groups is 1. The first-order valence-corrected chi connectivity index (χ1v) is 18.8. The molecule has 284 valence electrons. The Balaban J connectivity index is 1.77. The quantitative estimate of drug-likeness (QED) is 0.0985. The molecule has 53 heavy (non-hydrogen) atoms. The number of fused-ring (bicyclic) bond motifs is 2. The Morgan fingerprint density at radius 2 is 1.75 bits per heavy atom. The number of carbonyl (C=O) groups excluding carboxylic acids is 1. The van der Waals surface area contributed by atoms with Crippen LogP contribution < -0.4 is 9.47 Å². The number of amides is 1. The lowest BCUT2D eigenvalue weighted by Gasteiger charge is -2.59. The second kappa shape index (κ2) is 17.6. The van der Waals surface area contributed by atoms with Gasteiger partial charge in [0.15, 0.2) is 0 Å². The molecule has 1 saturated carbocycles. The molecule has 1 heterocycles. The number of benzene rings is 2. The lowest BCUT2D eigenvalue weighted by Crippen LogP contribution is -2.69. The summed E-state index contributed by atoms with van der Waals surface area (Å²) in [4.78, 5) is 22.2. The van der Waals surface area contributed by atoms with E-state index in [1.54, 1.807) is 48.4 Å². The highest BCUT2D eigenvalue weighted by Crippen LogP contribution is 2.61. The van der Waals surface area contributed by atoms with Gasteiger partial charge in [0.1, 0.15) is 29.7 Å². The van der Waals surface area contributed by atoms with Crippen molar-refractivity contribution in [2.24, 2.45) is 22.9 Å². The van der Waals surface area contributed by atoms with Gasteiger partial charge in [0.05, 0.1) is 29.9 Å². The first kappa shape index (κ1) is 39.8. The minimum Gasteiger partial charge on any atom is -0.490 e. The maximum Gasteiger partial charge on any atom is 0.254 e. The maximum atomic E-state index is 14.4. The summed E-state index contributed by atoms with van der Waals surface area (Å²) in [6.45, 7) is 14.4. The summed E-state index contributed by atoms with van der Waals surface area (Å²) in [5, 5.41) is 33.8. The fourth-order valence-electron chi connectivity index (χ4n) is 8.20. The predicted octanol–water partition coefficient (Wildman–Crippen LogP) is 7.33. The molecule has 2 aliphatic carbocycles. The molecular formula is C43H55N3O7. The van der Waals surface area contributed by atoms with Gasteiger partial charge in [-0.15, -0.1) is 6.58 Å². The Bertz CT molecular complexity index is 1710. The summed E-state index contributed by atoms with van der Waals surface area (Å²) in [5.74, 6) is -0.624. The van der Waals surface area contributed by atoms with Crippen molar-refractivity contribution < 1.29 is 34.1 Å². The Morgan fingerprint density at radius 3 is 2.40 bits per heavy atom. The average molecular weight is 726 g/mol. The third-order valence-electron chi connectivity index (χ3n) is 10.5. The summed E-state index contributed by atoms with van der Waals surface area (Å²) < 4.78 is 20.2. The summed E-state index contributed by atoms with van der Waals surface area (Å²) in [6.07, 6.45) is 10.7. The molecule has 2 aromatic rings. The minimum absolute atomic E-state index is 0.0982. The van der Waals surface area contributed by atoms with E-state index in [0.29, 0.717) is 42.1 Å². The van der Waals surface area contributed by atoms with Crippen LogP contribution in [0, 0.1) is 29.1 Å². The van der Waals surface area contributed by atoms with Crippen LogP contribution in [0.15, 0.2) is 84.6 Å². The first-order chi connectivity index (χ1) is 25.5. The average Bonchev–Trinajstić information content (AvgIpc) is 3.15. The number of unbranched alkanes of at least 4 members (excludes halogenated alkanes) is 2. The molecule has 5 rings (SSSR count). The topological polar surface area (TPSA) is 134 Å². The van der Waals surface area contributed by atoms with E-state index in [4.69, 9.17) is 24.2 Å². The molecule has 0 aromatic heterocycles. The molecule has 1 amide bonds. The normalized spacial score (nSPS) is 25.2.